The van der Waals surface area contributed by atoms with Crippen LogP contribution in [0.5, 0.6) is 5.75 Å². The largest absolute Gasteiger partial charge is 0.547 e. The zero-order valence-electron chi connectivity index (χ0n) is 16.6. The molecule has 1 aliphatic heterocycles. The summed E-state index contributed by atoms with van der Waals surface area (Å²) in [6, 6.07) is 4.85. The lowest BCUT2D eigenvalue weighted by Gasteiger charge is -2.31. The summed E-state index contributed by atoms with van der Waals surface area (Å²) in [5, 5.41) is 22.4. The van der Waals surface area contributed by atoms with Crippen LogP contribution in [-0.4, -0.2) is 60.6 Å². The topological polar surface area (TPSA) is 99.1 Å². The van der Waals surface area contributed by atoms with Crippen molar-refractivity contribution in [2.24, 2.45) is 11.8 Å². The second-order valence-electron chi connectivity index (χ2n) is 8.34. The first-order valence-corrected chi connectivity index (χ1v) is 9.97. The molecule has 3 rings (SSSR count). The highest BCUT2D eigenvalue weighted by Gasteiger charge is 2.38. The minimum Gasteiger partial charge on any atom is -0.534 e. The number of amides is 1. The van der Waals surface area contributed by atoms with Gasteiger partial charge in [0.2, 0.25) is 5.91 Å². The Balaban J connectivity index is 1.53. The fourth-order valence-corrected chi connectivity index (χ4v) is 4.38. The van der Waals surface area contributed by atoms with Gasteiger partial charge in [0, 0.05) is 13.0 Å². The normalized spacial score (nSPS) is 24.4. The molecule has 1 aromatic carbocycles. The molecule has 1 atom stereocenters. The second kappa shape index (κ2) is 8.96. The Labute approximate surface area is 166 Å². The molecule has 1 aromatic rings. The number of carbonyl (C=O) groups excluding carboxylic acids is 1. The molecule has 0 saturated heterocycles. The molecule has 28 heavy (non-hydrogen) atoms. The van der Waals surface area contributed by atoms with Crippen molar-refractivity contribution in [3.63, 3.8) is 0 Å². The number of carboxylic acid groups (broad SMARTS) is 1. The van der Waals surface area contributed by atoms with Crippen molar-refractivity contribution in [1.29, 1.82) is 0 Å². The van der Waals surface area contributed by atoms with Crippen LogP contribution in [0.1, 0.15) is 48.0 Å². The van der Waals surface area contributed by atoms with Crippen molar-refractivity contribution in [3.05, 3.63) is 29.3 Å². The molecule has 1 amide bonds. The molecular weight excluding hydrogens is 359 g/mol. The second-order valence-corrected chi connectivity index (χ2v) is 8.34. The van der Waals surface area contributed by atoms with Gasteiger partial charge in [-0.3, -0.25) is 4.79 Å². The minimum absolute atomic E-state index is 0.0239. The molecule has 0 spiro atoms. The maximum Gasteiger partial charge on any atom is 0.547 e. The van der Waals surface area contributed by atoms with E-state index in [-0.39, 0.29) is 17.2 Å². The maximum atomic E-state index is 12.5. The third-order valence-electron chi connectivity index (χ3n) is 5.76. The Bertz CT molecular complexity index is 719. The Kier molecular flexibility index (Phi) is 6.62. The summed E-state index contributed by atoms with van der Waals surface area (Å²) in [6.45, 7) is 1.10. The zero-order valence-corrected chi connectivity index (χ0v) is 16.6. The van der Waals surface area contributed by atoms with Crippen molar-refractivity contribution in [2.45, 2.75) is 44.5 Å². The Morgan fingerprint density at radius 2 is 1.89 bits per heavy atom. The van der Waals surface area contributed by atoms with Gasteiger partial charge in [-0.15, -0.1) is 0 Å². The lowest BCUT2D eigenvalue weighted by Crippen LogP contribution is -2.53. The number of nitrogens with zero attached hydrogens (tertiary/aromatic N) is 1. The van der Waals surface area contributed by atoms with E-state index in [0.717, 1.165) is 32.2 Å². The predicted octanol–water partition coefficient (Wildman–Crippen LogP) is 1.58. The van der Waals surface area contributed by atoms with Crippen LogP contribution < -0.4 is 9.97 Å². The molecule has 1 fully saturated rings. The molecule has 0 bridgehead atoms. The number of carboxylic acids is 1. The minimum atomic E-state index is -1.26. The molecule has 0 radical (unpaired) electrons. The number of para-hydroxylation sites is 1. The van der Waals surface area contributed by atoms with Crippen LogP contribution in [0.4, 0.5) is 0 Å². The summed E-state index contributed by atoms with van der Waals surface area (Å²) >= 11 is 0. The van der Waals surface area contributed by atoms with Crippen molar-refractivity contribution < 1.29 is 24.4 Å². The molecule has 2 aliphatic rings. The monoisotopic (exact) mass is 388 g/mol. The number of aromatic carboxylic acids is 1. The van der Waals surface area contributed by atoms with Gasteiger partial charge in [-0.1, -0.05) is 12.1 Å². The maximum absolute atomic E-state index is 12.5. The van der Waals surface area contributed by atoms with Crippen molar-refractivity contribution in [2.75, 3.05) is 20.6 Å². The standard InChI is InChI=1S/C20H29BN2O5/c1-23(2)12-14-8-6-13(7-9-14)10-18(24)22-17-11-15-4-3-5-16(20(25)26)19(15)28-21(17)27/h3-5,13-14,17,27H,6-12H2,1-2H3,(H,22,24)(H,25,26)/t13-,14-,17-/m0/s1. The van der Waals surface area contributed by atoms with E-state index in [9.17, 15) is 19.7 Å². The highest BCUT2D eigenvalue weighted by atomic mass is 16.5. The molecule has 1 heterocycles. The Morgan fingerprint density at radius 3 is 2.54 bits per heavy atom. The number of hydrogen-bond acceptors (Lipinski definition) is 5. The van der Waals surface area contributed by atoms with Gasteiger partial charge < -0.3 is 25.0 Å². The van der Waals surface area contributed by atoms with Crippen LogP contribution in [0.25, 0.3) is 0 Å². The van der Waals surface area contributed by atoms with Crippen LogP contribution >= 0.6 is 0 Å². The van der Waals surface area contributed by atoms with E-state index >= 15 is 0 Å². The van der Waals surface area contributed by atoms with E-state index in [1.165, 1.54) is 6.07 Å². The molecule has 3 N–H and O–H groups in total. The molecule has 8 heteroatoms. The molecule has 7 nitrogen and oxygen atoms in total. The lowest BCUT2D eigenvalue weighted by molar-refractivity contribution is -0.122. The number of benzene rings is 1. The summed E-state index contributed by atoms with van der Waals surface area (Å²) < 4.78 is 5.43. The van der Waals surface area contributed by atoms with Gasteiger partial charge in [-0.05, 0) is 69.7 Å². The van der Waals surface area contributed by atoms with Crippen LogP contribution in [0, 0.1) is 11.8 Å². The lowest BCUT2D eigenvalue weighted by atomic mass is 9.72. The van der Waals surface area contributed by atoms with Crippen LogP contribution in [0.15, 0.2) is 18.2 Å². The zero-order chi connectivity index (χ0) is 20.3. The van der Waals surface area contributed by atoms with Gasteiger partial charge in [0.25, 0.3) is 0 Å². The number of hydrogen-bond donors (Lipinski definition) is 3. The first kappa shape index (κ1) is 20.7. The Hall–Kier alpha value is -2.06. The summed E-state index contributed by atoms with van der Waals surface area (Å²) in [6.07, 6.45) is 5.22. The highest BCUT2D eigenvalue weighted by Crippen LogP contribution is 2.32. The van der Waals surface area contributed by atoms with Gasteiger partial charge >= 0.3 is 13.1 Å². The Morgan fingerprint density at radius 1 is 1.21 bits per heavy atom. The fraction of sp³-hybridized carbons (Fsp3) is 0.600. The van der Waals surface area contributed by atoms with E-state index in [2.05, 4.69) is 24.3 Å². The average Bonchev–Trinajstić information content (AvgIpc) is 2.63. The predicted molar refractivity (Wildman–Crippen MR) is 106 cm³/mol. The van der Waals surface area contributed by atoms with Crippen molar-refractivity contribution in [3.8, 4) is 5.75 Å². The average molecular weight is 388 g/mol. The van der Waals surface area contributed by atoms with Gasteiger partial charge in [0.1, 0.15) is 5.75 Å². The van der Waals surface area contributed by atoms with E-state index < -0.39 is 19.0 Å². The van der Waals surface area contributed by atoms with E-state index in [4.69, 9.17) is 4.65 Å². The molecule has 0 unspecified atom stereocenters. The fourth-order valence-electron chi connectivity index (χ4n) is 4.38. The van der Waals surface area contributed by atoms with Crippen molar-refractivity contribution >= 4 is 19.0 Å². The SMILES string of the molecule is CN(C)C[C@H]1CC[C@H](CC(=O)N[C@H]2Cc3cccc(C(=O)O)c3OB2O)CC1. The van der Waals surface area contributed by atoms with E-state index in [1.54, 1.807) is 12.1 Å². The smallest absolute Gasteiger partial charge is 0.534 e. The number of fused-ring (bicyclic) bond motifs is 1. The van der Waals surface area contributed by atoms with Crippen LogP contribution in [-0.2, 0) is 11.2 Å². The first-order valence-electron chi connectivity index (χ1n) is 9.97. The number of rotatable bonds is 6. The van der Waals surface area contributed by atoms with Crippen LogP contribution in [0.3, 0.4) is 0 Å². The molecule has 0 aromatic heterocycles. The third kappa shape index (κ3) is 5.05. The van der Waals surface area contributed by atoms with E-state index in [1.807, 2.05) is 0 Å². The van der Waals surface area contributed by atoms with Crippen LogP contribution in [0.2, 0.25) is 0 Å². The summed E-state index contributed by atoms with van der Waals surface area (Å²) in [7, 11) is 2.93. The third-order valence-corrected chi connectivity index (χ3v) is 5.76. The molecular formula is C20H29BN2O5. The summed E-state index contributed by atoms with van der Waals surface area (Å²) in [5.41, 5.74) is 0.704. The van der Waals surface area contributed by atoms with Gasteiger partial charge in [-0.25, -0.2) is 4.79 Å². The number of nitrogens with one attached hydrogen (secondary N) is 1. The van der Waals surface area contributed by atoms with Crippen molar-refractivity contribution in [1.82, 2.24) is 10.2 Å². The highest BCUT2D eigenvalue weighted by molar-refractivity contribution is 6.47. The van der Waals surface area contributed by atoms with Gasteiger partial charge in [-0.2, -0.15) is 0 Å². The van der Waals surface area contributed by atoms with Gasteiger partial charge in [0.15, 0.2) is 0 Å². The van der Waals surface area contributed by atoms with Gasteiger partial charge in [0.05, 0.1) is 11.5 Å². The molecule has 1 saturated carbocycles. The molecule has 1 aliphatic carbocycles. The van der Waals surface area contributed by atoms with E-state index in [0.29, 0.717) is 30.2 Å². The summed E-state index contributed by atoms with van der Waals surface area (Å²) in [4.78, 5) is 26.0. The number of carbonyl (C=O) groups is 2. The first-order chi connectivity index (χ1) is 13.3. The molecule has 152 valence electrons. The summed E-state index contributed by atoms with van der Waals surface area (Å²) in [5.74, 6) is -0.479. The quantitative estimate of drug-likeness (QED) is 0.640.